The zero-order valence-electron chi connectivity index (χ0n) is 9.24. The van der Waals surface area contributed by atoms with Crippen LogP contribution in [0.5, 0.6) is 5.75 Å². The topological polar surface area (TPSA) is 46.5 Å². The molecule has 0 fully saturated rings. The first kappa shape index (κ1) is 11.4. The average molecular weight is 234 g/mol. The standard InChI is InChI=1S/C13H11FO3/c1-2-17-13(16)10-6-4-8-3-5-9(14)7-11(8)12(10)15/h3-7,15H,2H2,1H3. The molecular weight excluding hydrogens is 223 g/mol. The molecule has 0 spiro atoms. The highest BCUT2D eigenvalue weighted by atomic mass is 19.1. The molecule has 3 nitrogen and oxygen atoms in total. The number of rotatable bonds is 2. The number of carbonyl (C=O) groups excluding carboxylic acids is 1. The van der Waals surface area contributed by atoms with E-state index < -0.39 is 11.8 Å². The van der Waals surface area contributed by atoms with Gasteiger partial charge in [0.25, 0.3) is 0 Å². The van der Waals surface area contributed by atoms with Crippen LogP contribution in [0.2, 0.25) is 0 Å². The zero-order valence-corrected chi connectivity index (χ0v) is 9.24. The Morgan fingerprint density at radius 2 is 2.06 bits per heavy atom. The second kappa shape index (κ2) is 4.41. The van der Waals surface area contributed by atoms with Crippen molar-refractivity contribution < 1.29 is 19.0 Å². The van der Waals surface area contributed by atoms with Crippen LogP contribution in [0.4, 0.5) is 4.39 Å². The summed E-state index contributed by atoms with van der Waals surface area (Å²) in [6.07, 6.45) is 0. The molecule has 0 unspecified atom stereocenters. The number of benzene rings is 2. The molecule has 2 rings (SSSR count). The Hall–Kier alpha value is -2.10. The van der Waals surface area contributed by atoms with Gasteiger partial charge in [0.15, 0.2) is 0 Å². The molecule has 0 radical (unpaired) electrons. The lowest BCUT2D eigenvalue weighted by Crippen LogP contribution is -2.04. The Kier molecular flexibility index (Phi) is 2.95. The fourth-order valence-corrected chi connectivity index (χ4v) is 1.65. The van der Waals surface area contributed by atoms with Crippen LogP contribution in [0.25, 0.3) is 10.8 Å². The Bertz CT molecular complexity index is 578. The highest BCUT2D eigenvalue weighted by molar-refractivity contribution is 6.01. The lowest BCUT2D eigenvalue weighted by Gasteiger charge is -2.07. The van der Waals surface area contributed by atoms with Crippen LogP contribution < -0.4 is 0 Å². The molecule has 1 N–H and O–H groups in total. The van der Waals surface area contributed by atoms with Gasteiger partial charge in [-0.25, -0.2) is 9.18 Å². The maximum atomic E-state index is 13.1. The molecule has 0 heterocycles. The number of phenols is 1. The van der Waals surface area contributed by atoms with Crippen molar-refractivity contribution in [2.75, 3.05) is 6.61 Å². The van der Waals surface area contributed by atoms with Crippen molar-refractivity contribution in [1.82, 2.24) is 0 Å². The Morgan fingerprint density at radius 1 is 1.35 bits per heavy atom. The highest BCUT2D eigenvalue weighted by Gasteiger charge is 2.14. The van der Waals surface area contributed by atoms with E-state index in [0.717, 1.165) is 0 Å². The van der Waals surface area contributed by atoms with Crippen molar-refractivity contribution in [2.24, 2.45) is 0 Å². The van der Waals surface area contributed by atoms with E-state index in [1.807, 2.05) is 0 Å². The minimum Gasteiger partial charge on any atom is -0.506 e. The van der Waals surface area contributed by atoms with Gasteiger partial charge in [-0.15, -0.1) is 0 Å². The summed E-state index contributed by atoms with van der Waals surface area (Å²) < 4.78 is 17.9. The summed E-state index contributed by atoms with van der Waals surface area (Å²) in [5.41, 5.74) is 0.0463. The molecular formula is C13H11FO3. The van der Waals surface area contributed by atoms with Crippen LogP contribution in [0.15, 0.2) is 30.3 Å². The number of esters is 1. The van der Waals surface area contributed by atoms with Crippen molar-refractivity contribution in [1.29, 1.82) is 0 Å². The number of hydrogen-bond donors (Lipinski definition) is 1. The molecule has 0 saturated heterocycles. The number of carbonyl (C=O) groups is 1. The summed E-state index contributed by atoms with van der Waals surface area (Å²) in [7, 11) is 0. The van der Waals surface area contributed by atoms with Crippen molar-refractivity contribution in [3.63, 3.8) is 0 Å². The largest absolute Gasteiger partial charge is 0.506 e. The Morgan fingerprint density at radius 3 is 2.76 bits per heavy atom. The molecule has 0 aromatic heterocycles. The van der Waals surface area contributed by atoms with E-state index in [9.17, 15) is 14.3 Å². The van der Waals surface area contributed by atoms with Crippen LogP contribution in [0.1, 0.15) is 17.3 Å². The average Bonchev–Trinajstić information content (AvgIpc) is 2.30. The predicted octanol–water partition coefficient (Wildman–Crippen LogP) is 2.86. The molecule has 2 aromatic rings. The Balaban J connectivity index is 2.60. The van der Waals surface area contributed by atoms with Gasteiger partial charge in [-0.3, -0.25) is 0 Å². The first-order valence-corrected chi connectivity index (χ1v) is 5.22. The summed E-state index contributed by atoms with van der Waals surface area (Å²) in [6.45, 7) is 1.90. The third kappa shape index (κ3) is 2.06. The van der Waals surface area contributed by atoms with Crippen LogP contribution in [0.3, 0.4) is 0 Å². The van der Waals surface area contributed by atoms with Gasteiger partial charge < -0.3 is 9.84 Å². The number of ether oxygens (including phenoxy) is 1. The summed E-state index contributed by atoms with van der Waals surface area (Å²) in [4.78, 5) is 11.5. The van der Waals surface area contributed by atoms with Crippen LogP contribution in [0, 0.1) is 5.82 Å². The van der Waals surface area contributed by atoms with Crippen LogP contribution in [-0.2, 0) is 4.74 Å². The minimum absolute atomic E-state index is 0.0463. The van der Waals surface area contributed by atoms with Crippen LogP contribution >= 0.6 is 0 Å². The number of phenolic OH excluding ortho intramolecular Hbond substituents is 1. The summed E-state index contributed by atoms with van der Waals surface area (Å²) in [5, 5.41) is 10.9. The molecule has 0 aliphatic heterocycles. The van der Waals surface area contributed by atoms with Gasteiger partial charge in [0, 0.05) is 5.39 Å². The van der Waals surface area contributed by atoms with E-state index in [1.54, 1.807) is 19.1 Å². The molecule has 0 aliphatic carbocycles. The fourth-order valence-electron chi connectivity index (χ4n) is 1.65. The lowest BCUT2D eigenvalue weighted by molar-refractivity contribution is 0.0523. The van der Waals surface area contributed by atoms with Crippen LogP contribution in [-0.4, -0.2) is 17.7 Å². The normalized spacial score (nSPS) is 10.5. The van der Waals surface area contributed by atoms with Gasteiger partial charge >= 0.3 is 5.97 Å². The monoisotopic (exact) mass is 234 g/mol. The van der Waals surface area contributed by atoms with Gasteiger partial charge in [0.2, 0.25) is 0 Å². The van der Waals surface area contributed by atoms with Gasteiger partial charge in [0.05, 0.1) is 6.61 Å². The van der Waals surface area contributed by atoms with Gasteiger partial charge in [0.1, 0.15) is 17.1 Å². The minimum atomic E-state index is -0.615. The molecule has 17 heavy (non-hydrogen) atoms. The van der Waals surface area contributed by atoms with E-state index in [4.69, 9.17) is 4.74 Å². The molecule has 4 heteroatoms. The first-order chi connectivity index (χ1) is 8.13. The molecule has 88 valence electrons. The van der Waals surface area contributed by atoms with E-state index >= 15 is 0 Å². The molecule has 2 aromatic carbocycles. The van der Waals surface area contributed by atoms with Crippen molar-refractivity contribution in [2.45, 2.75) is 6.92 Å². The third-order valence-electron chi connectivity index (χ3n) is 2.45. The smallest absolute Gasteiger partial charge is 0.341 e. The van der Waals surface area contributed by atoms with Crippen molar-refractivity contribution in [3.8, 4) is 5.75 Å². The maximum absolute atomic E-state index is 13.1. The van der Waals surface area contributed by atoms with E-state index in [-0.39, 0.29) is 17.9 Å². The SMILES string of the molecule is CCOC(=O)c1ccc2ccc(F)cc2c1O. The summed E-state index contributed by atoms with van der Waals surface area (Å²) in [6, 6.07) is 7.13. The van der Waals surface area contributed by atoms with E-state index in [1.165, 1.54) is 18.2 Å². The Labute approximate surface area is 97.4 Å². The number of hydrogen-bond acceptors (Lipinski definition) is 3. The fraction of sp³-hybridized carbons (Fsp3) is 0.154. The van der Waals surface area contributed by atoms with Crippen molar-refractivity contribution in [3.05, 3.63) is 41.7 Å². The molecule has 0 atom stereocenters. The molecule has 0 amide bonds. The quantitative estimate of drug-likeness (QED) is 0.813. The summed E-state index contributed by atoms with van der Waals surface area (Å²) >= 11 is 0. The second-order valence-corrected chi connectivity index (χ2v) is 3.55. The lowest BCUT2D eigenvalue weighted by atomic mass is 10.1. The summed E-state index contributed by atoms with van der Waals surface area (Å²) in [5.74, 6) is -1.33. The number of halogens is 1. The zero-order chi connectivity index (χ0) is 12.4. The van der Waals surface area contributed by atoms with Gasteiger partial charge in [-0.2, -0.15) is 0 Å². The highest BCUT2D eigenvalue weighted by Crippen LogP contribution is 2.29. The molecule has 0 aliphatic rings. The van der Waals surface area contributed by atoms with Gasteiger partial charge in [-0.05, 0) is 30.5 Å². The number of aromatic hydroxyl groups is 1. The first-order valence-electron chi connectivity index (χ1n) is 5.22. The molecule has 0 saturated carbocycles. The maximum Gasteiger partial charge on any atom is 0.341 e. The van der Waals surface area contributed by atoms with E-state index in [0.29, 0.717) is 10.8 Å². The second-order valence-electron chi connectivity index (χ2n) is 3.55. The number of fused-ring (bicyclic) bond motifs is 1. The predicted molar refractivity (Wildman–Crippen MR) is 61.5 cm³/mol. The van der Waals surface area contributed by atoms with Crippen molar-refractivity contribution >= 4 is 16.7 Å². The third-order valence-corrected chi connectivity index (χ3v) is 2.45. The van der Waals surface area contributed by atoms with Gasteiger partial charge in [-0.1, -0.05) is 12.1 Å². The van der Waals surface area contributed by atoms with E-state index in [2.05, 4.69) is 0 Å². The molecule has 0 bridgehead atoms.